The fourth-order valence-corrected chi connectivity index (χ4v) is 5.07. The lowest BCUT2D eigenvalue weighted by Gasteiger charge is -2.31. The highest BCUT2D eigenvalue weighted by Crippen LogP contribution is 2.28. The summed E-state index contributed by atoms with van der Waals surface area (Å²) in [7, 11) is -3.42. The van der Waals surface area contributed by atoms with E-state index >= 15 is 0 Å². The summed E-state index contributed by atoms with van der Waals surface area (Å²) < 4.78 is 23.8. The Hall–Kier alpha value is -2.29. The molecule has 1 aliphatic heterocycles. The van der Waals surface area contributed by atoms with Crippen molar-refractivity contribution >= 4 is 38.7 Å². The molecule has 2 unspecified atom stereocenters. The maximum absolute atomic E-state index is 12.6. The molecular weight excluding hydrogens is 392 g/mol. The summed E-state index contributed by atoms with van der Waals surface area (Å²) in [6.45, 7) is -0.216. The van der Waals surface area contributed by atoms with Crippen LogP contribution in [0.15, 0.2) is 48.5 Å². The zero-order chi connectivity index (χ0) is 19.6. The molecule has 9 heteroatoms. The Kier molecular flexibility index (Phi) is 5.59. The minimum absolute atomic E-state index is 0.0284. The molecular formula is C18H19ClN2O5S. The zero-order valence-corrected chi connectivity index (χ0v) is 15.8. The van der Waals surface area contributed by atoms with Crippen molar-refractivity contribution in [2.75, 3.05) is 28.3 Å². The molecule has 0 aromatic heterocycles. The second-order valence-corrected chi connectivity index (χ2v) is 8.95. The molecule has 1 heterocycles. The molecule has 2 atom stereocenters. The Bertz CT molecular complexity index is 950. The first-order valence-electron chi connectivity index (χ1n) is 8.24. The molecule has 1 aliphatic rings. The standard InChI is InChI=1S/C18H19ClN2O5S/c19-14-6-1-2-7-15(14)20-18(24)9-21(12-4-3-5-13(22)8-12)16-10-27(25,26)11-17(16)23/h1-8,16-17,22-23H,9-11H2,(H,20,24). The minimum atomic E-state index is -3.42. The number of halogens is 1. The lowest BCUT2D eigenvalue weighted by atomic mass is 10.1. The van der Waals surface area contributed by atoms with E-state index in [0.717, 1.165) is 0 Å². The third kappa shape index (κ3) is 4.71. The lowest BCUT2D eigenvalue weighted by molar-refractivity contribution is -0.115. The minimum Gasteiger partial charge on any atom is -0.508 e. The number of aromatic hydroxyl groups is 1. The van der Waals surface area contributed by atoms with Crippen molar-refractivity contribution in [2.45, 2.75) is 12.1 Å². The molecule has 3 rings (SSSR count). The van der Waals surface area contributed by atoms with Crippen molar-refractivity contribution in [1.29, 1.82) is 0 Å². The topological polar surface area (TPSA) is 107 Å². The first-order valence-corrected chi connectivity index (χ1v) is 10.4. The summed E-state index contributed by atoms with van der Waals surface area (Å²) in [5.41, 5.74) is 0.866. The van der Waals surface area contributed by atoms with E-state index in [1.165, 1.54) is 17.0 Å². The third-order valence-corrected chi connectivity index (χ3v) is 6.35. The van der Waals surface area contributed by atoms with E-state index in [2.05, 4.69) is 5.32 Å². The molecule has 1 fully saturated rings. The summed E-state index contributed by atoms with van der Waals surface area (Å²) in [5.74, 6) is -1.09. The van der Waals surface area contributed by atoms with Gasteiger partial charge in [-0.05, 0) is 24.3 Å². The molecule has 0 spiro atoms. The number of carbonyl (C=O) groups is 1. The van der Waals surface area contributed by atoms with Gasteiger partial charge in [-0.1, -0.05) is 29.8 Å². The number of anilines is 2. The van der Waals surface area contributed by atoms with Gasteiger partial charge in [-0.15, -0.1) is 0 Å². The largest absolute Gasteiger partial charge is 0.508 e. The van der Waals surface area contributed by atoms with Gasteiger partial charge in [0.2, 0.25) is 5.91 Å². The number of carbonyl (C=O) groups excluding carboxylic acids is 1. The van der Waals surface area contributed by atoms with Crippen LogP contribution in [0.2, 0.25) is 5.02 Å². The first-order chi connectivity index (χ1) is 12.7. The molecule has 0 bridgehead atoms. The van der Waals surface area contributed by atoms with Crippen LogP contribution >= 0.6 is 11.6 Å². The van der Waals surface area contributed by atoms with Gasteiger partial charge in [0.15, 0.2) is 9.84 Å². The normalized spacial score (nSPS) is 21.0. The number of phenolic OH excluding ortho intramolecular Hbond substituents is 1. The van der Waals surface area contributed by atoms with Crippen LogP contribution in [0.1, 0.15) is 0 Å². The number of para-hydroxylation sites is 1. The fourth-order valence-electron chi connectivity index (χ4n) is 3.09. The van der Waals surface area contributed by atoms with Gasteiger partial charge in [-0.2, -0.15) is 0 Å². The molecule has 1 saturated heterocycles. The second kappa shape index (κ2) is 7.75. The molecule has 0 saturated carbocycles. The average Bonchev–Trinajstić information content (AvgIpc) is 2.87. The summed E-state index contributed by atoms with van der Waals surface area (Å²) in [5, 5.41) is 23.0. The predicted molar refractivity (Wildman–Crippen MR) is 104 cm³/mol. The SMILES string of the molecule is O=C(CN(c1cccc(O)c1)C1CS(=O)(=O)CC1O)Nc1ccccc1Cl. The van der Waals surface area contributed by atoms with Gasteiger partial charge in [0.1, 0.15) is 5.75 Å². The van der Waals surface area contributed by atoms with Gasteiger partial charge >= 0.3 is 0 Å². The first kappa shape index (κ1) is 19.5. The molecule has 144 valence electrons. The van der Waals surface area contributed by atoms with E-state index in [4.69, 9.17) is 11.6 Å². The predicted octanol–water partition coefficient (Wildman–Crippen LogP) is 1.65. The van der Waals surface area contributed by atoms with Gasteiger partial charge in [0.05, 0.1) is 40.9 Å². The fraction of sp³-hybridized carbons (Fsp3) is 0.278. The molecule has 7 nitrogen and oxygen atoms in total. The summed E-state index contributed by atoms with van der Waals surface area (Å²) in [6.07, 6.45) is -1.13. The van der Waals surface area contributed by atoms with Crippen LogP contribution < -0.4 is 10.2 Å². The van der Waals surface area contributed by atoms with Crippen LogP contribution in [-0.2, 0) is 14.6 Å². The second-order valence-electron chi connectivity index (χ2n) is 6.39. The van der Waals surface area contributed by atoms with Crippen molar-refractivity contribution in [1.82, 2.24) is 0 Å². The number of aliphatic hydroxyl groups is 1. The van der Waals surface area contributed by atoms with Crippen molar-refractivity contribution in [3.63, 3.8) is 0 Å². The van der Waals surface area contributed by atoms with Gasteiger partial charge in [-0.3, -0.25) is 4.79 Å². The van der Waals surface area contributed by atoms with E-state index < -0.39 is 27.9 Å². The number of rotatable bonds is 5. The van der Waals surface area contributed by atoms with E-state index in [0.29, 0.717) is 16.4 Å². The van der Waals surface area contributed by atoms with Crippen LogP contribution in [0.3, 0.4) is 0 Å². The van der Waals surface area contributed by atoms with Crippen molar-refractivity contribution in [3.8, 4) is 5.75 Å². The summed E-state index contributed by atoms with van der Waals surface area (Å²) >= 11 is 6.05. The summed E-state index contributed by atoms with van der Waals surface area (Å²) in [6, 6.07) is 12.0. The van der Waals surface area contributed by atoms with Crippen LogP contribution in [-0.4, -0.2) is 54.7 Å². The molecule has 1 amide bonds. The number of sulfone groups is 1. The van der Waals surface area contributed by atoms with Crippen LogP contribution in [0.25, 0.3) is 0 Å². The number of amides is 1. The molecule has 0 radical (unpaired) electrons. The molecule has 3 N–H and O–H groups in total. The van der Waals surface area contributed by atoms with Gasteiger partial charge in [-0.25, -0.2) is 8.42 Å². The number of benzene rings is 2. The maximum Gasteiger partial charge on any atom is 0.243 e. The average molecular weight is 411 g/mol. The monoisotopic (exact) mass is 410 g/mol. The van der Waals surface area contributed by atoms with Crippen LogP contribution in [0, 0.1) is 0 Å². The number of nitrogens with one attached hydrogen (secondary N) is 1. The lowest BCUT2D eigenvalue weighted by Crippen LogP contribution is -2.47. The quantitative estimate of drug-likeness (QED) is 0.691. The van der Waals surface area contributed by atoms with Crippen molar-refractivity contribution < 1.29 is 23.4 Å². The third-order valence-electron chi connectivity index (χ3n) is 4.32. The van der Waals surface area contributed by atoms with E-state index in [-0.39, 0.29) is 23.8 Å². The summed E-state index contributed by atoms with van der Waals surface area (Å²) in [4.78, 5) is 14.0. The van der Waals surface area contributed by atoms with Crippen LogP contribution in [0.5, 0.6) is 5.75 Å². The Morgan fingerprint density at radius 2 is 1.93 bits per heavy atom. The number of aliphatic hydroxyl groups excluding tert-OH is 1. The highest BCUT2D eigenvalue weighted by Gasteiger charge is 2.40. The van der Waals surface area contributed by atoms with Crippen LogP contribution in [0.4, 0.5) is 11.4 Å². The van der Waals surface area contributed by atoms with E-state index in [9.17, 15) is 23.4 Å². The molecule has 0 aliphatic carbocycles. The number of phenols is 1. The number of nitrogens with zero attached hydrogens (tertiary/aromatic N) is 1. The molecule has 2 aromatic rings. The molecule has 2 aromatic carbocycles. The van der Waals surface area contributed by atoms with Gasteiger partial charge < -0.3 is 20.4 Å². The Balaban J connectivity index is 1.86. The van der Waals surface area contributed by atoms with Gasteiger partial charge in [0.25, 0.3) is 0 Å². The highest BCUT2D eigenvalue weighted by molar-refractivity contribution is 7.91. The smallest absolute Gasteiger partial charge is 0.243 e. The Labute approximate surface area is 162 Å². The van der Waals surface area contributed by atoms with E-state index in [1.807, 2.05) is 0 Å². The highest BCUT2D eigenvalue weighted by atomic mass is 35.5. The Morgan fingerprint density at radius 3 is 2.56 bits per heavy atom. The number of hydrogen-bond donors (Lipinski definition) is 3. The number of hydrogen-bond acceptors (Lipinski definition) is 6. The van der Waals surface area contributed by atoms with Crippen molar-refractivity contribution in [2.24, 2.45) is 0 Å². The molecule has 27 heavy (non-hydrogen) atoms. The van der Waals surface area contributed by atoms with E-state index in [1.54, 1.807) is 36.4 Å². The van der Waals surface area contributed by atoms with Gasteiger partial charge in [0, 0.05) is 11.8 Å². The maximum atomic E-state index is 12.6. The zero-order valence-electron chi connectivity index (χ0n) is 14.2. The Morgan fingerprint density at radius 1 is 1.19 bits per heavy atom. The van der Waals surface area contributed by atoms with Crippen molar-refractivity contribution in [3.05, 3.63) is 53.6 Å².